The van der Waals surface area contributed by atoms with Gasteiger partial charge in [0.05, 0.1) is 11.6 Å². The first-order valence-corrected chi connectivity index (χ1v) is 6.39. The van der Waals surface area contributed by atoms with Gasteiger partial charge in [0, 0.05) is 12.1 Å². The van der Waals surface area contributed by atoms with E-state index in [-0.39, 0.29) is 11.9 Å². The van der Waals surface area contributed by atoms with Crippen molar-refractivity contribution in [1.29, 1.82) is 0 Å². The van der Waals surface area contributed by atoms with E-state index >= 15 is 0 Å². The average Bonchev–Trinajstić information content (AvgIpc) is 2.15. The van der Waals surface area contributed by atoms with Gasteiger partial charge >= 0.3 is 0 Å². The summed E-state index contributed by atoms with van der Waals surface area (Å²) < 4.78 is 0. The Kier molecular flexibility index (Phi) is 6.13. The molecule has 0 aromatic rings. The van der Waals surface area contributed by atoms with Gasteiger partial charge in [0.15, 0.2) is 0 Å². The van der Waals surface area contributed by atoms with Gasteiger partial charge in [0.1, 0.15) is 0 Å². The van der Waals surface area contributed by atoms with Crippen LogP contribution in [-0.4, -0.2) is 34.7 Å². The molecule has 1 unspecified atom stereocenters. The fourth-order valence-electron chi connectivity index (χ4n) is 1.32. The summed E-state index contributed by atoms with van der Waals surface area (Å²) in [5.41, 5.74) is -1.40. The minimum Gasteiger partial charge on any atom is -0.389 e. The van der Waals surface area contributed by atoms with E-state index in [2.05, 4.69) is 17.6 Å². The Morgan fingerprint density at radius 2 is 1.82 bits per heavy atom. The SMILES string of the molecule is CCCCNC(=O)C(C)NC(C)(C)C(C)(C)O. The van der Waals surface area contributed by atoms with Gasteiger partial charge in [-0.2, -0.15) is 0 Å². The molecule has 4 nitrogen and oxygen atoms in total. The number of hydrogen-bond acceptors (Lipinski definition) is 3. The molecule has 102 valence electrons. The molecular weight excluding hydrogens is 216 g/mol. The van der Waals surface area contributed by atoms with E-state index in [4.69, 9.17) is 0 Å². The van der Waals surface area contributed by atoms with E-state index in [0.29, 0.717) is 6.54 Å². The van der Waals surface area contributed by atoms with Crippen LogP contribution in [0.25, 0.3) is 0 Å². The molecule has 0 spiro atoms. The van der Waals surface area contributed by atoms with Gasteiger partial charge in [-0.3, -0.25) is 10.1 Å². The molecule has 4 heteroatoms. The van der Waals surface area contributed by atoms with Gasteiger partial charge in [0.2, 0.25) is 5.91 Å². The smallest absolute Gasteiger partial charge is 0.236 e. The quantitative estimate of drug-likeness (QED) is 0.594. The molecule has 0 aliphatic heterocycles. The predicted octanol–water partition coefficient (Wildman–Crippen LogP) is 1.43. The lowest BCUT2D eigenvalue weighted by Crippen LogP contribution is -2.61. The highest BCUT2D eigenvalue weighted by Gasteiger charge is 2.36. The fraction of sp³-hybridized carbons (Fsp3) is 0.923. The molecule has 0 aliphatic carbocycles. The van der Waals surface area contributed by atoms with E-state index in [0.717, 1.165) is 12.8 Å². The summed E-state index contributed by atoms with van der Waals surface area (Å²) in [5, 5.41) is 16.0. The Hall–Kier alpha value is -0.610. The summed E-state index contributed by atoms with van der Waals surface area (Å²) in [5.74, 6) is -0.0178. The molecule has 0 radical (unpaired) electrons. The molecule has 0 saturated heterocycles. The van der Waals surface area contributed by atoms with E-state index < -0.39 is 11.1 Å². The third-order valence-corrected chi connectivity index (χ3v) is 3.33. The third-order valence-electron chi connectivity index (χ3n) is 3.33. The van der Waals surface area contributed by atoms with Gasteiger partial charge in [-0.25, -0.2) is 0 Å². The van der Waals surface area contributed by atoms with E-state index in [1.807, 2.05) is 20.8 Å². The Balaban J connectivity index is 4.25. The Bertz CT molecular complexity index is 244. The highest BCUT2D eigenvalue weighted by Crippen LogP contribution is 2.21. The molecular formula is C13H28N2O2. The number of nitrogens with one attached hydrogen (secondary N) is 2. The van der Waals surface area contributed by atoms with E-state index in [1.54, 1.807) is 13.8 Å². The van der Waals surface area contributed by atoms with Crippen LogP contribution in [0, 0.1) is 0 Å². The van der Waals surface area contributed by atoms with Gasteiger partial charge in [-0.1, -0.05) is 13.3 Å². The van der Waals surface area contributed by atoms with Crippen LogP contribution >= 0.6 is 0 Å². The highest BCUT2D eigenvalue weighted by atomic mass is 16.3. The minimum atomic E-state index is -0.884. The molecule has 0 fully saturated rings. The van der Waals surface area contributed by atoms with Crippen molar-refractivity contribution in [1.82, 2.24) is 10.6 Å². The lowest BCUT2D eigenvalue weighted by Gasteiger charge is -2.40. The second-order valence-corrected chi connectivity index (χ2v) is 5.69. The molecule has 0 heterocycles. The zero-order valence-electron chi connectivity index (χ0n) is 12.1. The maximum Gasteiger partial charge on any atom is 0.236 e. The normalized spacial score (nSPS) is 14.5. The van der Waals surface area contributed by atoms with Crippen LogP contribution in [0.1, 0.15) is 54.4 Å². The van der Waals surface area contributed by atoms with Gasteiger partial charge in [-0.05, 0) is 41.0 Å². The Morgan fingerprint density at radius 3 is 2.24 bits per heavy atom. The molecule has 0 aromatic carbocycles. The van der Waals surface area contributed by atoms with Crippen molar-refractivity contribution >= 4 is 5.91 Å². The molecule has 17 heavy (non-hydrogen) atoms. The summed E-state index contributed by atoms with van der Waals surface area (Å²) in [7, 11) is 0. The van der Waals surface area contributed by atoms with Crippen LogP contribution in [0.15, 0.2) is 0 Å². The number of carbonyl (C=O) groups is 1. The Morgan fingerprint density at radius 1 is 1.29 bits per heavy atom. The zero-order valence-corrected chi connectivity index (χ0v) is 12.1. The lowest BCUT2D eigenvalue weighted by molar-refractivity contribution is -0.124. The van der Waals surface area contributed by atoms with Gasteiger partial charge < -0.3 is 10.4 Å². The summed E-state index contributed by atoms with van der Waals surface area (Å²) in [6, 6.07) is -0.312. The van der Waals surface area contributed by atoms with Crippen molar-refractivity contribution in [2.45, 2.75) is 71.6 Å². The van der Waals surface area contributed by atoms with E-state index in [1.165, 1.54) is 0 Å². The fourth-order valence-corrected chi connectivity index (χ4v) is 1.32. The second-order valence-electron chi connectivity index (χ2n) is 5.69. The maximum atomic E-state index is 11.8. The summed E-state index contributed by atoms with van der Waals surface area (Å²) in [6.45, 7) is 11.9. The van der Waals surface area contributed by atoms with Crippen LogP contribution < -0.4 is 10.6 Å². The van der Waals surface area contributed by atoms with Crippen LogP contribution in [0.4, 0.5) is 0 Å². The van der Waals surface area contributed by atoms with Crippen molar-refractivity contribution in [3.63, 3.8) is 0 Å². The summed E-state index contributed by atoms with van der Waals surface area (Å²) in [6.07, 6.45) is 2.06. The lowest BCUT2D eigenvalue weighted by atomic mass is 9.85. The van der Waals surface area contributed by atoms with Crippen LogP contribution in [0.2, 0.25) is 0 Å². The molecule has 0 bridgehead atoms. The number of carbonyl (C=O) groups excluding carboxylic acids is 1. The van der Waals surface area contributed by atoms with Crippen molar-refractivity contribution < 1.29 is 9.90 Å². The first-order valence-electron chi connectivity index (χ1n) is 6.39. The largest absolute Gasteiger partial charge is 0.389 e. The first kappa shape index (κ1) is 16.4. The van der Waals surface area contributed by atoms with Gasteiger partial charge in [-0.15, -0.1) is 0 Å². The van der Waals surface area contributed by atoms with Crippen molar-refractivity contribution in [2.75, 3.05) is 6.54 Å². The topological polar surface area (TPSA) is 61.4 Å². The molecule has 3 N–H and O–H groups in total. The van der Waals surface area contributed by atoms with Crippen LogP contribution in [-0.2, 0) is 4.79 Å². The number of amides is 1. The van der Waals surface area contributed by atoms with Crippen LogP contribution in [0.5, 0.6) is 0 Å². The number of rotatable bonds is 7. The first-order chi connectivity index (χ1) is 7.62. The Labute approximate surface area is 105 Å². The zero-order chi connectivity index (χ0) is 13.7. The van der Waals surface area contributed by atoms with Crippen molar-refractivity contribution in [3.8, 4) is 0 Å². The summed E-state index contributed by atoms with van der Waals surface area (Å²) in [4.78, 5) is 11.8. The monoisotopic (exact) mass is 244 g/mol. The molecule has 0 aromatic heterocycles. The van der Waals surface area contributed by atoms with Crippen molar-refractivity contribution in [2.24, 2.45) is 0 Å². The van der Waals surface area contributed by atoms with Crippen LogP contribution in [0.3, 0.4) is 0 Å². The molecule has 1 amide bonds. The average molecular weight is 244 g/mol. The number of aliphatic hydroxyl groups is 1. The molecule has 0 saturated carbocycles. The second kappa shape index (κ2) is 6.36. The standard InChI is InChI=1S/C13H28N2O2/c1-7-8-9-14-11(16)10(2)15-12(3,4)13(5,6)17/h10,15,17H,7-9H2,1-6H3,(H,14,16). The summed E-state index contributed by atoms with van der Waals surface area (Å²) >= 11 is 0. The number of hydrogen-bond donors (Lipinski definition) is 3. The third kappa shape index (κ3) is 5.50. The highest BCUT2D eigenvalue weighted by molar-refractivity contribution is 5.81. The van der Waals surface area contributed by atoms with E-state index in [9.17, 15) is 9.90 Å². The minimum absolute atomic E-state index is 0.0178. The predicted molar refractivity (Wildman–Crippen MR) is 70.9 cm³/mol. The van der Waals surface area contributed by atoms with Gasteiger partial charge in [0.25, 0.3) is 0 Å². The maximum absolute atomic E-state index is 11.8. The molecule has 1 atom stereocenters. The number of unbranched alkanes of at least 4 members (excludes halogenated alkanes) is 1. The molecule has 0 aliphatic rings. The van der Waals surface area contributed by atoms with Crippen molar-refractivity contribution in [3.05, 3.63) is 0 Å². The molecule has 0 rings (SSSR count).